The first-order valence-corrected chi connectivity index (χ1v) is 6.81. The molecule has 0 atom stereocenters. The Morgan fingerprint density at radius 2 is 1.80 bits per heavy atom. The van der Waals surface area contributed by atoms with E-state index in [9.17, 15) is 10.2 Å². The second-order valence-corrected chi connectivity index (χ2v) is 4.98. The Kier molecular flexibility index (Phi) is 4.30. The predicted octanol–water partition coefficient (Wildman–Crippen LogP) is 4.12. The van der Waals surface area contributed by atoms with Gasteiger partial charge in [0.2, 0.25) is 0 Å². The van der Waals surface area contributed by atoms with Crippen molar-refractivity contribution >= 4 is 17.3 Å². The fourth-order valence-corrected chi connectivity index (χ4v) is 2.34. The fraction of sp³-hybridized carbons (Fsp3) is 0.188. The minimum absolute atomic E-state index is 0.0670. The monoisotopic (exact) mass is 289 g/mol. The van der Waals surface area contributed by atoms with Crippen LogP contribution in [-0.2, 0) is 6.42 Å². The third-order valence-corrected chi connectivity index (χ3v) is 3.44. The van der Waals surface area contributed by atoms with Crippen LogP contribution in [0, 0.1) is 5.41 Å². The molecule has 0 fully saturated rings. The van der Waals surface area contributed by atoms with Crippen LogP contribution < -0.4 is 0 Å². The highest BCUT2D eigenvalue weighted by Crippen LogP contribution is 2.38. The van der Waals surface area contributed by atoms with E-state index in [4.69, 9.17) is 17.0 Å². The summed E-state index contributed by atoms with van der Waals surface area (Å²) < 4.78 is 0. The van der Waals surface area contributed by atoms with Crippen molar-refractivity contribution in [3.05, 3.63) is 58.1 Å². The van der Waals surface area contributed by atoms with E-state index in [1.165, 1.54) is 6.07 Å². The zero-order chi connectivity index (χ0) is 14.7. The summed E-state index contributed by atoms with van der Waals surface area (Å²) in [6.45, 7) is 1.95. The molecule has 0 amide bonds. The van der Waals surface area contributed by atoms with Crippen LogP contribution in [0.25, 0.3) is 0 Å². The molecule has 3 N–H and O–H groups in total. The number of aromatic hydroxyl groups is 2. The molecule has 0 aliphatic rings. The summed E-state index contributed by atoms with van der Waals surface area (Å²) in [5.41, 5.74) is 1.60. The summed E-state index contributed by atoms with van der Waals surface area (Å²) in [6, 6.07) is 10.5. The summed E-state index contributed by atoms with van der Waals surface area (Å²) in [4.78, 5) is 0. The number of phenolic OH excluding ortho intramolecular Hbond substituents is 2. The van der Waals surface area contributed by atoms with E-state index in [0.29, 0.717) is 23.1 Å². The number of hydrogen-bond donors (Lipinski definition) is 3. The minimum atomic E-state index is -0.101. The van der Waals surface area contributed by atoms with Crippen LogP contribution in [0.15, 0.2) is 36.4 Å². The van der Waals surface area contributed by atoms with E-state index in [1.807, 2.05) is 25.1 Å². The van der Waals surface area contributed by atoms with Gasteiger partial charge in [0.05, 0.1) is 10.7 Å². The Hall–Kier alpha value is -2.00. The second-order valence-electron chi connectivity index (χ2n) is 4.57. The molecule has 0 unspecified atom stereocenters. The molecule has 2 aromatic carbocycles. The smallest absolute Gasteiger partial charge is 0.141 e. The normalized spacial score (nSPS) is 10.5. The number of nitrogens with one attached hydrogen (secondary N) is 1. The van der Waals surface area contributed by atoms with E-state index in [2.05, 4.69) is 0 Å². The van der Waals surface area contributed by atoms with Gasteiger partial charge in [0.15, 0.2) is 0 Å². The molecular weight excluding hydrogens is 274 g/mol. The number of halogens is 1. The molecule has 0 saturated carbocycles. The second kappa shape index (κ2) is 5.97. The van der Waals surface area contributed by atoms with Crippen LogP contribution in [0.2, 0.25) is 5.02 Å². The van der Waals surface area contributed by atoms with Crippen LogP contribution in [-0.4, -0.2) is 15.9 Å². The highest BCUT2D eigenvalue weighted by atomic mass is 35.5. The SMILES string of the molecule is CCCc1c(O)c(Cl)cc(C(=N)c2ccccc2)c1O. The minimum Gasteiger partial charge on any atom is -0.507 e. The van der Waals surface area contributed by atoms with Crippen molar-refractivity contribution in [1.29, 1.82) is 5.41 Å². The van der Waals surface area contributed by atoms with E-state index >= 15 is 0 Å². The average molecular weight is 290 g/mol. The highest BCUT2D eigenvalue weighted by molar-refractivity contribution is 6.33. The molecule has 0 bridgehead atoms. The number of benzene rings is 2. The van der Waals surface area contributed by atoms with Gasteiger partial charge in [-0.1, -0.05) is 55.3 Å². The molecule has 2 rings (SSSR count). The number of phenols is 2. The Morgan fingerprint density at radius 1 is 1.15 bits per heavy atom. The van der Waals surface area contributed by atoms with Gasteiger partial charge in [0, 0.05) is 16.7 Å². The summed E-state index contributed by atoms with van der Waals surface area (Å²) in [7, 11) is 0. The Balaban J connectivity index is 2.55. The van der Waals surface area contributed by atoms with Crippen molar-refractivity contribution in [3.8, 4) is 11.5 Å². The first-order chi connectivity index (χ1) is 9.56. The van der Waals surface area contributed by atoms with Crippen molar-refractivity contribution < 1.29 is 10.2 Å². The maximum atomic E-state index is 10.3. The zero-order valence-corrected chi connectivity index (χ0v) is 11.9. The summed E-state index contributed by atoms with van der Waals surface area (Å²) in [5, 5.41) is 28.6. The lowest BCUT2D eigenvalue weighted by atomic mass is 9.97. The van der Waals surface area contributed by atoms with Gasteiger partial charge >= 0.3 is 0 Å². The molecule has 0 aliphatic heterocycles. The lowest BCUT2D eigenvalue weighted by molar-refractivity contribution is 0.437. The third-order valence-electron chi connectivity index (χ3n) is 3.16. The maximum absolute atomic E-state index is 10.3. The summed E-state index contributed by atoms with van der Waals surface area (Å²) in [6.07, 6.45) is 1.27. The average Bonchev–Trinajstić information content (AvgIpc) is 2.47. The molecule has 4 heteroatoms. The molecular formula is C16H16ClNO2. The van der Waals surface area contributed by atoms with Gasteiger partial charge < -0.3 is 10.2 Å². The topological polar surface area (TPSA) is 64.3 Å². The largest absolute Gasteiger partial charge is 0.507 e. The third kappa shape index (κ3) is 2.63. The van der Waals surface area contributed by atoms with E-state index in [-0.39, 0.29) is 22.2 Å². The van der Waals surface area contributed by atoms with Gasteiger partial charge in [-0.3, -0.25) is 5.41 Å². The van der Waals surface area contributed by atoms with Crippen LogP contribution in [0.1, 0.15) is 30.0 Å². The van der Waals surface area contributed by atoms with Crippen molar-refractivity contribution in [2.75, 3.05) is 0 Å². The maximum Gasteiger partial charge on any atom is 0.141 e. The summed E-state index contributed by atoms with van der Waals surface area (Å²) >= 11 is 6.00. The standard InChI is InChI=1S/C16H16ClNO2/c1-2-6-11-15(19)12(9-13(17)16(11)20)14(18)10-7-4-3-5-8-10/h3-5,7-9,18-20H,2,6H2,1H3. The molecule has 0 heterocycles. The predicted molar refractivity (Wildman–Crippen MR) is 81.1 cm³/mol. The zero-order valence-electron chi connectivity index (χ0n) is 11.2. The molecule has 2 aromatic rings. The van der Waals surface area contributed by atoms with Crippen molar-refractivity contribution in [2.24, 2.45) is 0 Å². The number of hydrogen-bond acceptors (Lipinski definition) is 3. The summed E-state index contributed by atoms with van der Waals surface area (Å²) in [5.74, 6) is -0.168. The fourth-order valence-electron chi connectivity index (χ4n) is 2.12. The van der Waals surface area contributed by atoms with E-state index in [0.717, 1.165) is 6.42 Å². The van der Waals surface area contributed by atoms with Crippen molar-refractivity contribution in [2.45, 2.75) is 19.8 Å². The molecule has 20 heavy (non-hydrogen) atoms. The van der Waals surface area contributed by atoms with Crippen LogP contribution in [0.3, 0.4) is 0 Å². The van der Waals surface area contributed by atoms with Gasteiger partial charge in [-0.15, -0.1) is 0 Å². The van der Waals surface area contributed by atoms with Crippen LogP contribution in [0.5, 0.6) is 11.5 Å². The number of rotatable bonds is 4. The van der Waals surface area contributed by atoms with E-state index < -0.39 is 0 Å². The molecule has 0 aromatic heterocycles. The van der Waals surface area contributed by atoms with Gasteiger partial charge in [-0.05, 0) is 12.5 Å². The molecule has 3 nitrogen and oxygen atoms in total. The van der Waals surface area contributed by atoms with Gasteiger partial charge in [-0.25, -0.2) is 0 Å². The van der Waals surface area contributed by atoms with Crippen molar-refractivity contribution in [3.63, 3.8) is 0 Å². The first-order valence-electron chi connectivity index (χ1n) is 6.43. The Bertz CT molecular complexity index is 639. The lowest BCUT2D eigenvalue weighted by Crippen LogP contribution is -2.03. The quantitative estimate of drug-likeness (QED) is 0.741. The molecule has 0 spiro atoms. The van der Waals surface area contributed by atoms with E-state index in [1.54, 1.807) is 12.1 Å². The van der Waals surface area contributed by atoms with Crippen LogP contribution in [0.4, 0.5) is 0 Å². The first kappa shape index (κ1) is 14.4. The van der Waals surface area contributed by atoms with Gasteiger partial charge in [-0.2, -0.15) is 0 Å². The van der Waals surface area contributed by atoms with Crippen LogP contribution >= 0.6 is 11.6 Å². The Morgan fingerprint density at radius 3 is 2.40 bits per heavy atom. The molecule has 0 radical (unpaired) electrons. The molecule has 0 aliphatic carbocycles. The highest BCUT2D eigenvalue weighted by Gasteiger charge is 2.19. The van der Waals surface area contributed by atoms with Crippen molar-refractivity contribution in [1.82, 2.24) is 0 Å². The lowest BCUT2D eigenvalue weighted by Gasteiger charge is -2.14. The van der Waals surface area contributed by atoms with Gasteiger partial charge in [0.1, 0.15) is 11.5 Å². The Labute approximate surface area is 123 Å². The molecule has 0 saturated heterocycles. The molecule has 104 valence electrons. The van der Waals surface area contributed by atoms with Gasteiger partial charge in [0.25, 0.3) is 0 Å².